The predicted molar refractivity (Wildman–Crippen MR) is 42.7 cm³/mol. The van der Waals surface area contributed by atoms with Crippen LogP contribution in [0, 0.1) is 11.3 Å². The van der Waals surface area contributed by atoms with Gasteiger partial charge in [-0.05, 0) is 0 Å². The Bertz CT molecular complexity index is 434. The summed E-state index contributed by atoms with van der Waals surface area (Å²) >= 11 is 0. The zero-order valence-electron chi connectivity index (χ0n) is 6.92. The maximum atomic E-state index is 12.3. The Hall–Kier alpha value is -1.74. The zero-order valence-corrected chi connectivity index (χ0v) is 6.92. The van der Waals surface area contributed by atoms with E-state index in [1.165, 1.54) is 6.07 Å². The molecule has 6 heteroatoms. The molecule has 0 bridgehead atoms. The Kier molecular flexibility index (Phi) is 2.94. The number of aliphatic hydroxyl groups excluding tert-OH is 1. The van der Waals surface area contributed by atoms with Crippen LogP contribution in [0.5, 0.6) is 0 Å². The van der Waals surface area contributed by atoms with Crippen molar-refractivity contribution in [2.24, 2.45) is 0 Å². The molecule has 1 aromatic heterocycles. The van der Waals surface area contributed by atoms with E-state index in [2.05, 4.69) is 4.98 Å². The van der Waals surface area contributed by atoms with Crippen LogP contribution in [0.25, 0.3) is 0 Å². The second-order valence-corrected chi connectivity index (χ2v) is 2.51. The van der Waals surface area contributed by atoms with Crippen LogP contribution in [0.4, 0.5) is 8.78 Å². The first-order valence-corrected chi connectivity index (χ1v) is 3.65. The zero-order chi connectivity index (χ0) is 10.7. The molecule has 2 N–H and O–H groups in total. The topological polar surface area (TPSA) is 76.9 Å². The van der Waals surface area contributed by atoms with Crippen LogP contribution in [0.2, 0.25) is 0 Å². The quantitative estimate of drug-likeness (QED) is 0.736. The molecule has 0 fully saturated rings. The standard InChI is InChI=1S/C8H6F2N2O2/c9-8(10)4-1-7(14)12-6(3-13)5(4)2-11/h1,8,13H,3H2,(H,12,14). The Labute approximate surface area is 77.4 Å². The van der Waals surface area contributed by atoms with Gasteiger partial charge in [0.05, 0.1) is 17.9 Å². The van der Waals surface area contributed by atoms with Crippen molar-refractivity contribution in [1.29, 1.82) is 5.26 Å². The maximum Gasteiger partial charge on any atom is 0.265 e. The lowest BCUT2D eigenvalue weighted by Crippen LogP contribution is -2.13. The number of rotatable bonds is 2. The first-order valence-electron chi connectivity index (χ1n) is 3.65. The van der Waals surface area contributed by atoms with E-state index in [-0.39, 0.29) is 11.3 Å². The number of hydrogen-bond acceptors (Lipinski definition) is 3. The maximum absolute atomic E-state index is 12.3. The molecular weight excluding hydrogens is 194 g/mol. The fourth-order valence-corrected chi connectivity index (χ4v) is 1.06. The van der Waals surface area contributed by atoms with E-state index in [4.69, 9.17) is 10.4 Å². The van der Waals surface area contributed by atoms with Crippen molar-refractivity contribution in [3.8, 4) is 6.07 Å². The summed E-state index contributed by atoms with van der Waals surface area (Å²) in [5, 5.41) is 17.3. The van der Waals surface area contributed by atoms with Gasteiger partial charge in [-0.15, -0.1) is 0 Å². The fraction of sp³-hybridized carbons (Fsp3) is 0.250. The lowest BCUT2D eigenvalue weighted by molar-refractivity contribution is 0.150. The highest BCUT2D eigenvalue weighted by molar-refractivity contribution is 5.41. The number of alkyl halides is 2. The van der Waals surface area contributed by atoms with Gasteiger partial charge in [0.15, 0.2) is 0 Å². The van der Waals surface area contributed by atoms with Crippen molar-refractivity contribution in [3.05, 3.63) is 33.2 Å². The Morgan fingerprint density at radius 2 is 2.29 bits per heavy atom. The Morgan fingerprint density at radius 3 is 2.71 bits per heavy atom. The molecule has 0 radical (unpaired) electrons. The molecule has 74 valence electrons. The first-order chi connectivity index (χ1) is 6.60. The molecule has 0 spiro atoms. The molecular formula is C8H6F2N2O2. The minimum Gasteiger partial charge on any atom is -0.390 e. The molecule has 1 rings (SSSR count). The van der Waals surface area contributed by atoms with Crippen LogP contribution < -0.4 is 5.56 Å². The molecule has 0 aliphatic heterocycles. The number of aromatic nitrogens is 1. The van der Waals surface area contributed by atoms with Gasteiger partial charge >= 0.3 is 0 Å². The number of halogens is 2. The van der Waals surface area contributed by atoms with Gasteiger partial charge in [-0.3, -0.25) is 4.79 Å². The molecule has 0 saturated heterocycles. The number of nitrogens with one attached hydrogen (secondary N) is 1. The van der Waals surface area contributed by atoms with Crippen LogP contribution in [-0.4, -0.2) is 10.1 Å². The molecule has 0 aromatic carbocycles. The van der Waals surface area contributed by atoms with Crippen molar-refractivity contribution in [2.45, 2.75) is 13.0 Å². The second kappa shape index (κ2) is 3.98. The molecule has 0 saturated carbocycles. The van der Waals surface area contributed by atoms with Crippen LogP contribution in [0.1, 0.15) is 23.2 Å². The molecule has 0 atom stereocenters. The van der Waals surface area contributed by atoms with Gasteiger partial charge in [0.2, 0.25) is 5.56 Å². The minimum atomic E-state index is -2.91. The number of nitriles is 1. The number of aromatic amines is 1. The highest BCUT2D eigenvalue weighted by Gasteiger charge is 2.17. The molecule has 14 heavy (non-hydrogen) atoms. The summed E-state index contributed by atoms with van der Waals surface area (Å²) in [6, 6.07) is 2.17. The van der Waals surface area contributed by atoms with Crippen LogP contribution >= 0.6 is 0 Å². The van der Waals surface area contributed by atoms with Gasteiger partial charge in [0, 0.05) is 11.6 Å². The Morgan fingerprint density at radius 1 is 1.64 bits per heavy atom. The van der Waals surface area contributed by atoms with Gasteiger partial charge in [-0.25, -0.2) is 8.78 Å². The lowest BCUT2D eigenvalue weighted by Gasteiger charge is -2.05. The average molecular weight is 200 g/mol. The van der Waals surface area contributed by atoms with Crippen molar-refractivity contribution in [2.75, 3.05) is 0 Å². The normalized spacial score (nSPS) is 10.2. The number of nitrogens with zero attached hydrogens (tertiary/aromatic N) is 1. The fourth-order valence-electron chi connectivity index (χ4n) is 1.06. The highest BCUT2D eigenvalue weighted by Crippen LogP contribution is 2.22. The van der Waals surface area contributed by atoms with E-state index >= 15 is 0 Å². The summed E-state index contributed by atoms with van der Waals surface area (Å²) in [5.41, 5.74) is -1.97. The van der Waals surface area contributed by atoms with E-state index < -0.39 is 24.2 Å². The van der Waals surface area contributed by atoms with Gasteiger partial charge in [0.1, 0.15) is 6.07 Å². The molecule has 0 amide bonds. The molecule has 4 nitrogen and oxygen atoms in total. The van der Waals surface area contributed by atoms with Crippen molar-refractivity contribution in [3.63, 3.8) is 0 Å². The van der Waals surface area contributed by atoms with Gasteiger partial charge < -0.3 is 10.1 Å². The summed E-state index contributed by atoms with van der Waals surface area (Å²) in [6.45, 7) is -0.654. The van der Waals surface area contributed by atoms with E-state index in [0.29, 0.717) is 6.07 Å². The molecule has 0 aliphatic carbocycles. The number of pyridine rings is 1. The summed E-state index contributed by atoms with van der Waals surface area (Å²) in [7, 11) is 0. The molecule has 0 aliphatic rings. The largest absolute Gasteiger partial charge is 0.390 e. The SMILES string of the molecule is N#Cc1c(C(F)F)cc(=O)[nH]c1CO. The van der Waals surface area contributed by atoms with Crippen molar-refractivity contribution >= 4 is 0 Å². The van der Waals surface area contributed by atoms with Crippen molar-refractivity contribution in [1.82, 2.24) is 4.98 Å². The van der Waals surface area contributed by atoms with Crippen LogP contribution in [0.3, 0.4) is 0 Å². The monoisotopic (exact) mass is 200 g/mol. The highest BCUT2D eigenvalue weighted by atomic mass is 19.3. The summed E-state index contributed by atoms with van der Waals surface area (Å²) < 4.78 is 24.7. The predicted octanol–water partition coefficient (Wildman–Crippen LogP) is 0.676. The molecule has 0 unspecified atom stereocenters. The lowest BCUT2D eigenvalue weighted by atomic mass is 10.1. The van der Waals surface area contributed by atoms with E-state index in [1.807, 2.05) is 0 Å². The van der Waals surface area contributed by atoms with Gasteiger partial charge in [0.25, 0.3) is 6.43 Å². The summed E-state index contributed by atoms with van der Waals surface area (Å²) in [4.78, 5) is 12.9. The van der Waals surface area contributed by atoms with E-state index in [0.717, 1.165) is 0 Å². The van der Waals surface area contributed by atoms with E-state index in [1.54, 1.807) is 0 Å². The van der Waals surface area contributed by atoms with Crippen LogP contribution in [-0.2, 0) is 6.61 Å². The number of H-pyrrole nitrogens is 1. The Balaban J connectivity index is 3.49. The summed E-state index contributed by atoms with van der Waals surface area (Å²) in [5.74, 6) is 0. The molecule has 1 heterocycles. The van der Waals surface area contributed by atoms with E-state index in [9.17, 15) is 13.6 Å². The average Bonchev–Trinajstić information content (AvgIpc) is 2.16. The minimum absolute atomic E-state index is 0.185. The first kappa shape index (κ1) is 10.3. The molecule has 1 aromatic rings. The number of hydrogen-bond donors (Lipinski definition) is 2. The van der Waals surface area contributed by atoms with Gasteiger partial charge in [-0.1, -0.05) is 0 Å². The van der Waals surface area contributed by atoms with Crippen LogP contribution in [0.15, 0.2) is 10.9 Å². The second-order valence-electron chi connectivity index (χ2n) is 2.51. The summed E-state index contributed by atoms with van der Waals surface area (Å²) in [6.07, 6.45) is -2.91. The third kappa shape index (κ3) is 1.78. The third-order valence-corrected chi connectivity index (χ3v) is 1.66. The van der Waals surface area contributed by atoms with Crippen molar-refractivity contribution < 1.29 is 13.9 Å². The smallest absolute Gasteiger partial charge is 0.265 e. The number of aliphatic hydroxyl groups is 1. The van der Waals surface area contributed by atoms with Gasteiger partial charge in [-0.2, -0.15) is 5.26 Å². The third-order valence-electron chi connectivity index (χ3n) is 1.66.